The average molecular weight is 286 g/mol. The maximum absolute atomic E-state index is 6.09. The molecule has 0 aliphatic carbocycles. The van der Waals surface area contributed by atoms with Gasteiger partial charge in [-0.2, -0.15) is 5.10 Å². The van der Waals surface area contributed by atoms with Crippen LogP contribution in [-0.2, 0) is 24.6 Å². The second-order valence-corrected chi connectivity index (χ2v) is 5.41. The highest BCUT2D eigenvalue weighted by Crippen LogP contribution is 2.30. The molecule has 112 valence electrons. The summed E-state index contributed by atoms with van der Waals surface area (Å²) in [6, 6.07) is 8.79. The summed E-state index contributed by atoms with van der Waals surface area (Å²) in [6.45, 7) is 3.81. The smallest absolute Gasteiger partial charge is 0.138 e. The molecule has 2 heterocycles. The normalized spacial score (nSPS) is 19.2. The van der Waals surface area contributed by atoms with Crippen LogP contribution < -0.4 is 5.32 Å². The van der Waals surface area contributed by atoms with Crippen molar-refractivity contribution in [1.82, 2.24) is 20.1 Å². The summed E-state index contributed by atoms with van der Waals surface area (Å²) in [5, 5.41) is 7.71. The molecule has 1 aromatic carbocycles. The van der Waals surface area contributed by atoms with E-state index < -0.39 is 0 Å². The van der Waals surface area contributed by atoms with Gasteiger partial charge in [0.05, 0.1) is 12.7 Å². The van der Waals surface area contributed by atoms with Crippen LogP contribution in [0.4, 0.5) is 0 Å². The van der Waals surface area contributed by atoms with Crippen LogP contribution >= 0.6 is 0 Å². The zero-order valence-electron chi connectivity index (χ0n) is 12.6. The Morgan fingerprint density at radius 2 is 2.29 bits per heavy atom. The van der Waals surface area contributed by atoms with Gasteiger partial charge < -0.3 is 10.1 Å². The Balaban J connectivity index is 1.86. The molecular formula is C16H22N4O. The van der Waals surface area contributed by atoms with Crippen LogP contribution in [-0.4, -0.2) is 34.0 Å². The first-order valence-corrected chi connectivity index (χ1v) is 7.55. The maximum atomic E-state index is 6.09. The molecule has 1 aliphatic heterocycles. The number of ether oxygens (including phenoxy) is 1. The van der Waals surface area contributed by atoms with Crippen molar-refractivity contribution < 1.29 is 4.74 Å². The van der Waals surface area contributed by atoms with Crippen molar-refractivity contribution in [2.24, 2.45) is 7.05 Å². The third-order valence-corrected chi connectivity index (χ3v) is 4.07. The predicted molar refractivity (Wildman–Crippen MR) is 81.0 cm³/mol. The summed E-state index contributed by atoms with van der Waals surface area (Å²) < 4.78 is 7.92. The van der Waals surface area contributed by atoms with E-state index in [9.17, 15) is 0 Å². The van der Waals surface area contributed by atoms with Gasteiger partial charge in [-0.3, -0.25) is 4.68 Å². The summed E-state index contributed by atoms with van der Waals surface area (Å²) in [4.78, 5) is 4.34. The second kappa shape index (κ2) is 6.37. The Kier molecular flexibility index (Phi) is 4.31. The molecule has 0 fully saturated rings. The first-order chi connectivity index (χ1) is 10.3. The largest absolute Gasteiger partial charge is 0.372 e. The molecule has 0 bridgehead atoms. The molecule has 0 radical (unpaired) electrons. The minimum Gasteiger partial charge on any atom is -0.372 e. The summed E-state index contributed by atoms with van der Waals surface area (Å²) in [5.41, 5.74) is 2.70. The lowest BCUT2D eigenvalue weighted by Crippen LogP contribution is -2.40. The SMILES string of the molecule is CCNC(Cc1ncnn1C)C1OCCc2ccccc21. The number of fused-ring (bicyclic) bond motifs is 1. The van der Waals surface area contributed by atoms with Crippen molar-refractivity contribution in [1.29, 1.82) is 0 Å². The molecule has 3 rings (SSSR count). The molecule has 1 N–H and O–H groups in total. The lowest BCUT2D eigenvalue weighted by Gasteiger charge is -2.32. The molecule has 0 spiro atoms. The number of nitrogens with one attached hydrogen (secondary N) is 1. The van der Waals surface area contributed by atoms with Gasteiger partial charge in [0.15, 0.2) is 0 Å². The molecule has 1 aromatic heterocycles. The van der Waals surface area contributed by atoms with E-state index in [2.05, 4.69) is 46.6 Å². The fraction of sp³-hybridized carbons (Fsp3) is 0.500. The fourth-order valence-corrected chi connectivity index (χ4v) is 3.01. The first-order valence-electron chi connectivity index (χ1n) is 7.55. The quantitative estimate of drug-likeness (QED) is 0.908. The number of hydrogen-bond acceptors (Lipinski definition) is 4. The standard InChI is InChI=1S/C16H22N4O/c1-3-17-14(10-15-18-11-19-20(15)2)16-13-7-5-4-6-12(13)8-9-21-16/h4-7,11,14,16-17H,3,8-10H2,1-2H3. The average Bonchev–Trinajstić information content (AvgIpc) is 2.91. The van der Waals surface area contributed by atoms with Crippen LogP contribution in [0.1, 0.15) is 30.0 Å². The van der Waals surface area contributed by atoms with E-state index in [0.29, 0.717) is 0 Å². The molecule has 5 heteroatoms. The van der Waals surface area contributed by atoms with Gasteiger partial charge in [-0.1, -0.05) is 31.2 Å². The van der Waals surface area contributed by atoms with Gasteiger partial charge in [-0.15, -0.1) is 0 Å². The fourth-order valence-electron chi connectivity index (χ4n) is 3.01. The number of hydrogen-bond donors (Lipinski definition) is 1. The Morgan fingerprint density at radius 1 is 1.43 bits per heavy atom. The number of benzene rings is 1. The molecule has 2 unspecified atom stereocenters. The summed E-state index contributed by atoms with van der Waals surface area (Å²) in [5.74, 6) is 0.979. The zero-order valence-corrected chi connectivity index (χ0v) is 12.6. The van der Waals surface area contributed by atoms with Gasteiger partial charge in [-0.05, 0) is 24.1 Å². The monoisotopic (exact) mass is 286 g/mol. The third-order valence-electron chi connectivity index (χ3n) is 4.07. The van der Waals surface area contributed by atoms with Crippen LogP contribution in [0.5, 0.6) is 0 Å². The lowest BCUT2D eigenvalue weighted by molar-refractivity contribution is 0.0151. The molecule has 1 aliphatic rings. The minimum atomic E-state index is 0.0756. The first kappa shape index (κ1) is 14.2. The zero-order chi connectivity index (χ0) is 14.7. The molecular weight excluding hydrogens is 264 g/mol. The highest BCUT2D eigenvalue weighted by molar-refractivity contribution is 5.32. The van der Waals surface area contributed by atoms with Crippen molar-refractivity contribution >= 4 is 0 Å². The van der Waals surface area contributed by atoms with E-state index in [1.165, 1.54) is 11.1 Å². The van der Waals surface area contributed by atoms with Crippen LogP contribution in [0.15, 0.2) is 30.6 Å². The van der Waals surface area contributed by atoms with Gasteiger partial charge in [0.25, 0.3) is 0 Å². The van der Waals surface area contributed by atoms with E-state index in [4.69, 9.17) is 4.74 Å². The van der Waals surface area contributed by atoms with Gasteiger partial charge in [0, 0.05) is 19.5 Å². The van der Waals surface area contributed by atoms with Crippen LogP contribution in [0.3, 0.4) is 0 Å². The number of likely N-dealkylation sites (N-methyl/N-ethyl adjacent to an activating group) is 1. The van der Waals surface area contributed by atoms with Crippen molar-refractivity contribution in [2.45, 2.75) is 31.9 Å². The molecule has 2 aromatic rings. The van der Waals surface area contributed by atoms with E-state index in [0.717, 1.165) is 31.8 Å². The molecule has 0 saturated carbocycles. The maximum Gasteiger partial charge on any atom is 0.138 e. The highest BCUT2D eigenvalue weighted by Gasteiger charge is 2.29. The van der Waals surface area contributed by atoms with Gasteiger partial charge in [-0.25, -0.2) is 4.98 Å². The van der Waals surface area contributed by atoms with Crippen LogP contribution in [0, 0.1) is 0 Å². The van der Waals surface area contributed by atoms with E-state index in [1.807, 2.05) is 11.7 Å². The second-order valence-electron chi connectivity index (χ2n) is 5.41. The molecule has 0 amide bonds. The van der Waals surface area contributed by atoms with Crippen molar-refractivity contribution in [2.75, 3.05) is 13.2 Å². The van der Waals surface area contributed by atoms with Crippen molar-refractivity contribution in [3.63, 3.8) is 0 Å². The van der Waals surface area contributed by atoms with Gasteiger partial charge in [0.2, 0.25) is 0 Å². The number of nitrogens with zero attached hydrogens (tertiary/aromatic N) is 3. The molecule has 21 heavy (non-hydrogen) atoms. The number of aryl methyl sites for hydroxylation is 1. The number of aromatic nitrogens is 3. The third kappa shape index (κ3) is 2.99. The van der Waals surface area contributed by atoms with E-state index in [1.54, 1.807) is 6.33 Å². The molecule has 2 atom stereocenters. The van der Waals surface area contributed by atoms with Gasteiger partial charge in [0.1, 0.15) is 12.2 Å². The Morgan fingerprint density at radius 3 is 3.05 bits per heavy atom. The van der Waals surface area contributed by atoms with Crippen molar-refractivity contribution in [3.8, 4) is 0 Å². The summed E-state index contributed by atoms with van der Waals surface area (Å²) in [7, 11) is 1.93. The van der Waals surface area contributed by atoms with Crippen molar-refractivity contribution in [3.05, 3.63) is 47.5 Å². The number of rotatable bonds is 5. The van der Waals surface area contributed by atoms with Gasteiger partial charge >= 0.3 is 0 Å². The summed E-state index contributed by atoms with van der Waals surface area (Å²) >= 11 is 0. The Hall–Kier alpha value is -1.72. The van der Waals surface area contributed by atoms with E-state index in [-0.39, 0.29) is 12.1 Å². The molecule has 0 saturated heterocycles. The minimum absolute atomic E-state index is 0.0756. The van der Waals surface area contributed by atoms with E-state index >= 15 is 0 Å². The topological polar surface area (TPSA) is 52.0 Å². The highest BCUT2D eigenvalue weighted by atomic mass is 16.5. The molecule has 5 nitrogen and oxygen atoms in total. The van der Waals surface area contributed by atoms with Crippen LogP contribution in [0.2, 0.25) is 0 Å². The summed E-state index contributed by atoms with van der Waals surface area (Å²) in [6.07, 6.45) is 3.49. The Labute approximate surface area is 125 Å². The Bertz CT molecular complexity index is 595. The predicted octanol–water partition coefficient (Wildman–Crippen LogP) is 1.65. The lowest BCUT2D eigenvalue weighted by atomic mass is 9.91. The van der Waals surface area contributed by atoms with Crippen LogP contribution in [0.25, 0.3) is 0 Å².